The van der Waals surface area contributed by atoms with Crippen molar-refractivity contribution in [3.63, 3.8) is 0 Å². The minimum absolute atomic E-state index is 0.322. The van der Waals surface area contributed by atoms with Crippen LogP contribution in [0.25, 0.3) is 6.08 Å². The molecule has 1 aromatic rings. The maximum absolute atomic E-state index is 11.7. The molecule has 23 heavy (non-hydrogen) atoms. The molecule has 0 aromatic heterocycles. The van der Waals surface area contributed by atoms with Crippen LogP contribution >= 0.6 is 0 Å². The Morgan fingerprint density at radius 1 is 1.26 bits per heavy atom. The highest BCUT2D eigenvalue weighted by Gasteiger charge is 2.15. The molecule has 1 amide bonds. The second-order valence-corrected chi connectivity index (χ2v) is 4.65. The second-order valence-electron chi connectivity index (χ2n) is 4.65. The Morgan fingerprint density at radius 2 is 2.00 bits per heavy atom. The first kappa shape index (κ1) is 18.5. The van der Waals surface area contributed by atoms with Gasteiger partial charge in [-0.2, -0.15) is 0 Å². The minimum Gasteiger partial charge on any atom is -0.493 e. The van der Waals surface area contributed by atoms with E-state index >= 15 is 0 Å². The van der Waals surface area contributed by atoms with Crippen molar-refractivity contribution in [3.8, 4) is 11.5 Å². The van der Waals surface area contributed by atoms with Crippen LogP contribution in [-0.4, -0.2) is 38.2 Å². The van der Waals surface area contributed by atoms with Crippen LogP contribution in [0.1, 0.15) is 26.3 Å². The summed E-state index contributed by atoms with van der Waals surface area (Å²) in [6.07, 6.45) is 2.03. The summed E-state index contributed by atoms with van der Waals surface area (Å²) in [5, 5.41) is 2.59. The van der Waals surface area contributed by atoms with Crippen molar-refractivity contribution in [1.82, 2.24) is 5.32 Å². The van der Waals surface area contributed by atoms with Crippen molar-refractivity contribution >= 4 is 18.0 Å². The fourth-order valence-electron chi connectivity index (χ4n) is 1.81. The number of amides is 1. The number of carbonyl (C=O) groups excluding carboxylic acids is 2. The lowest BCUT2D eigenvalue weighted by Gasteiger charge is -2.11. The molecule has 6 nitrogen and oxygen atoms in total. The van der Waals surface area contributed by atoms with Crippen molar-refractivity contribution < 1.29 is 23.8 Å². The fourth-order valence-corrected chi connectivity index (χ4v) is 1.81. The van der Waals surface area contributed by atoms with E-state index in [2.05, 4.69) is 5.32 Å². The fraction of sp³-hybridized carbons (Fsp3) is 0.412. The molecule has 0 fully saturated rings. The third-order valence-electron chi connectivity index (χ3n) is 2.91. The van der Waals surface area contributed by atoms with Crippen LogP contribution in [0.15, 0.2) is 24.3 Å². The number of esters is 1. The molecule has 6 heteroatoms. The zero-order valence-corrected chi connectivity index (χ0v) is 13.9. The molecule has 126 valence electrons. The van der Waals surface area contributed by atoms with Crippen LogP contribution < -0.4 is 14.8 Å². The molecule has 0 saturated carbocycles. The van der Waals surface area contributed by atoms with Gasteiger partial charge in [-0.05, 0) is 44.5 Å². The van der Waals surface area contributed by atoms with E-state index in [1.807, 2.05) is 6.92 Å². The van der Waals surface area contributed by atoms with Gasteiger partial charge in [0.15, 0.2) is 17.6 Å². The van der Waals surface area contributed by atoms with Gasteiger partial charge in [0, 0.05) is 12.6 Å². The highest BCUT2D eigenvalue weighted by atomic mass is 16.5. The van der Waals surface area contributed by atoms with Gasteiger partial charge in [0.05, 0.1) is 13.7 Å². The lowest BCUT2D eigenvalue weighted by Crippen LogP contribution is -2.35. The Labute approximate surface area is 136 Å². The van der Waals surface area contributed by atoms with Crippen molar-refractivity contribution in [3.05, 3.63) is 29.8 Å². The van der Waals surface area contributed by atoms with E-state index in [0.29, 0.717) is 24.7 Å². The monoisotopic (exact) mass is 321 g/mol. The van der Waals surface area contributed by atoms with Gasteiger partial charge in [0.25, 0.3) is 5.91 Å². The third-order valence-corrected chi connectivity index (χ3v) is 2.91. The van der Waals surface area contributed by atoms with Crippen LogP contribution in [0.4, 0.5) is 0 Å². The molecule has 0 heterocycles. The Hall–Kier alpha value is -2.50. The number of nitrogens with one attached hydrogen (secondary N) is 1. The molecule has 0 saturated heterocycles. The first-order chi connectivity index (χ1) is 11.0. The van der Waals surface area contributed by atoms with E-state index in [4.69, 9.17) is 14.2 Å². The van der Waals surface area contributed by atoms with Crippen LogP contribution in [0.2, 0.25) is 0 Å². The molecular formula is C17H23NO5. The standard InChI is InChI=1S/C17H23NO5/c1-5-18-17(20)12(3)23-16(19)10-8-13-7-9-14(22-6-2)15(11-13)21-4/h7-12H,5-6H2,1-4H3,(H,18,20)/b10-8+/t12-/m1/s1. The van der Waals surface area contributed by atoms with Crippen molar-refractivity contribution in [2.45, 2.75) is 26.9 Å². The predicted molar refractivity (Wildman–Crippen MR) is 87.4 cm³/mol. The Balaban J connectivity index is 2.69. The lowest BCUT2D eigenvalue weighted by atomic mass is 10.2. The molecule has 1 atom stereocenters. The van der Waals surface area contributed by atoms with E-state index in [0.717, 1.165) is 5.56 Å². The van der Waals surface area contributed by atoms with Gasteiger partial charge in [-0.1, -0.05) is 6.07 Å². The van der Waals surface area contributed by atoms with Crippen molar-refractivity contribution in [2.24, 2.45) is 0 Å². The molecule has 0 unspecified atom stereocenters. The summed E-state index contributed by atoms with van der Waals surface area (Å²) in [6.45, 7) is 6.24. The van der Waals surface area contributed by atoms with Gasteiger partial charge < -0.3 is 19.5 Å². The summed E-state index contributed by atoms with van der Waals surface area (Å²) in [6, 6.07) is 5.32. The Kier molecular flexibility index (Phi) is 7.66. The zero-order valence-electron chi connectivity index (χ0n) is 13.9. The van der Waals surface area contributed by atoms with Crippen LogP contribution in [-0.2, 0) is 14.3 Å². The summed E-state index contributed by atoms with van der Waals surface area (Å²) >= 11 is 0. The van der Waals surface area contributed by atoms with Gasteiger partial charge in [-0.3, -0.25) is 4.79 Å². The summed E-state index contributed by atoms with van der Waals surface area (Å²) in [7, 11) is 1.55. The smallest absolute Gasteiger partial charge is 0.331 e. The highest BCUT2D eigenvalue weighted by molar-refractivity contribution is 5.90. The average Bonchev–Trinajstić information content (AvgIpc) is 2.54. The Morgan fingerprint density at radius 3 is 2.61 bits per heavy atom. The number of likely N-dealkylation sites (N-methyl/N-ethyl adjacent to an activating group) is 1. The van der Waals surface area contributed by atoms with Gasteiger partial charge >= 0.3 is 5.97 Å². The van der Waals surface area contributed by atoms with Crippen LogP contribution in [0, 0.1) is 0 Å². The molecule has 0 aliphatic carbocycles. The maximum atomic E-state index is 11.7. The topological polar surface area (TPSA) is 73.9 Å². The average molecular weight is 321 g/mol. The van der Waals surface area contributed by atoms with E-state index in [-0.39, 0.29) is 5.91 Å². The number of methoxy groups -OCH3 is 1. The molecule has 1 rings (SSSR count). The maximum Gasteiger partial charge on any atom is 0.331 e. The first-order valence-electron chi connectivity index (χ1n) is 7.49. The second kappa shape index (κ2) is 9.50. The predicted octanol–water partition coefficient (Wildman–Crippen LogP) is 2.17. The number of hydrogen-bond acceptors (Lipinski definition) is 5. The normalized spacial score (nSPS) is 11.8. The molecule has 0 aliphatic heterocycles. The summed E-state index contributed by atoms with van der Waals surface area (Å²) in [4.78, 5) is 23.2. The third kappa shape index (κ3) is 6.02. The van der Waals surface area contributed by atoms with Crippen molar-refractivity contribution in [1.29, 1.82) is 0 Å². The highest BCUT2D eigenvalue weighted by Crippen LogP contribution is 2.28. The van der Waals surface area contributed by atoms with E-state index in [9.17, 15) is 9.59 Å². The molecular weight excluding hydrogens is 298 g/mol. The molecule has 1 N–H and O–H groups in total. The SMILES string of the molecule is CCNC(=O)[C@@H](C)OC(=O)/C=C/c1ccc(OCC)c(OC)c1. The van der Waals surface area contributed by atoms with E-state index in [1.165, 1.54) is 13.0 Å². The molecule has 0 spiro atoms. The minimum atomic E-state index is -0.832. The lowest BCUT2D eigenvalue weighted by molar-refractivity contribution is -0.150. The summed E-state index contributed by atoms with van der Waals surface area (Å²) < 4.78 is 15.7. The van der Waals surface area contributed by atoms with Crippen LogP contribution in [0.5, 0.6) is 11.5 Å². The molecule has 0 aliphatic rings. The molecule has 0 bridgehead atoms. The van der Waals surface area contributed by atoms with Crippen LogP contribution in [0.3, 0.4) is 0 Å². The largest absolute Gasteiger partial charge is 0.493 e. The zero-order chi connectivity index (χ0) is 17.2. The molecule has 1 aromatic carbocycles. The van der Waals surface area contributed by atoms with E-state index in [1.54, 1.807) is 38.3 Å². The van der Waals surface area contributed by atoms with E-state index < -0.39 is 12.1 Å². The quantitative estimate of drug-likeness (QED) is 0.587. The number of hydrogen-bond donors (Lipinski definition) is 1. The van der Waals surface area contributed by atoms with Gasteiger partial charge in [0.2, 0.25) is 0 Å². The number of ether oxygens (including phenoxy) is 3. The summed E-state index contributed by atoms with van der Waals surface area (Å²) in [5.74, 6) is 0.311. The van der Waals surface area contributed by atoms with Gasteiger partial charge in [-0.25, -0.2) is 4.79 Å². The summed E-state index contributed by atoms with van der Waals surface area (Å²) in [5.41, 5.74) is 0.757. The number of carbonyl (C=O) groups is 2. The van der Waals surface area contributed by atoms with Gasteiger partial charge in [-0.15, -0.1) is 0 Å². The molecule has 0 radical (unpaired) electrons. The van der Waals surface area contributed by atoms with Crippen molar-refractivity contribution in [2.75, 3.05) is 20.3 Å². The first-order valence-corrected chi connectivity index (χ1v) is 7.49. The number of benzene rings is 1. The van der Waals surface area contributed by atoms with Gasteiger partial charge in [0.1, 0.15) is 0 Å². The number of rotatable bonds is 8. The Bertz CT molecular complexity index is 568.